The van der Waals surface area contributed by atoms with Gasteiger partial charge in [0.25, 0.3) is 0 Å². The first-order valence-electron chi connectivity index (χ1n) is 5.44. The lowest BCUT2D eigenvalue weighted by atomic mass is 10.0. The van der Waals surface area contributed by atoms with Crippen molar-refractivity contribution in [3.63, 3.8) is 0 Å². The van der Waals surface area contributed by atoms with Gasteiger partial charge in [-0.25, -0.2) is 0 Å². The van der Waals surface area contributed by atoms with Gasteiger partial charge in [0.2, 0.25) is 0 Å². The molecule has 1 heterocycles. The third-order valence-corrected chi connectivity index (χ3v) is 2.84. The van der Waals surface area contributed by atoms with E-state index < -0.39 is 0 Å². The molecule has 1 aliphatic heterocycles. The van der Waals surface area contributed by atoms with Crippen LogP contribution in [0.25, 0.3) is 0 Å². The molecule has 2 atom stereocenters. The molecule has 0 saturated carbocycles. The van der Waals surface area contributed by atoms with Gasteiger partial charge < -0.3 is 10.5 Å². The summed E-state index contributed by atoms with van der Waals surface area (Å²) in [5, 5.41) is 0. The third-order valence-electron chi connectivity index (χ3n) is 2.84. The minimum Gasteiger partial charge on any atom is -0.468 e. The van der Waals surface area contributed by atoms with Gasteiger partial charge in [-0.05, 0) is 12.8 Å². The molecule has 0 fully saturated rings. The molecule has 0 aromatic carbocycles. The van der Waals surface area contributed by atoms with Gasteiger partial charge in [0.1, 0.15) is 6.04 Å². The molecule has 15 heavy (non-hydrogen) atoms. The second-order valence-electron chi connectivity index (χ2n) is 3.70. The largest absolute Gasteiger partial charge is 0.468 e. The van der Waals surface area contributed by atoms with E-state index in [1.54, 1.807) is 0 Å². The number of hydrogen-bond donors (Lipinski definition) is 1. The maximum Gasteiger partial charge on any atom is 0.323 e. The Morgan fingerprint density at radius 1 is 1.73 bits per heavy atom. The van der Waals surface area contributed by atoms with Gasteiger partial charge in [0, 0.05) is 19.1 Å². The summed E-state index contributed by atoms with van der Waals surface area (Å²) in [4.78, 5) is 13.7. The Morgan fingerprint density at radius 3 is 3.00 bits per heavy atom. The number of esters is 1. The van der Waals surface area contributed by atoms with Crippen molar-refractivity contribution in [3.05, 3.63) is 12.2 Å². The maximum absolute atomic E-state index is 11.6. The van der Waals surface area contributed by atoms with Crippen molar-refractivity contribution in [1.29, 1.82) is 0 Å². The Hall–Kier alpha value is -0.870. The van der Waals surface area contributed by atoms with Crippen LogP contribution >= 0.6 is 0 Å². The predicted molar refractivity (Wildman–Crippen MR) is 59.4 cm³/mol. The van der Waals surface area contributed by atoms with Crippen molar-refractivity contribution in [2.24, 2.45) is 5.73 Å². The lowest BCUT2D eigenvalue weighted by Gasteiger charge is -2.36. The van der Waals surface area contributed by atoms with Crippen LogP contribution in [0.3, 0.4) is 0 Å². The number of carbonyl (C=O) groups excluding carboxylic acids is 1. The molecule has 0 amide bonds. The number of hydrogen-bond acceptors (Lipinski definition) is 4. The Morgan fingerprint density at radius 2 is 2.47 bits per heavy atom. The van der Waals surface area contributed by atoms with E-state index in [0.717, 1.165) is 19.4 Å². The summed E-state index contributed by atoms with van der Waals surface area (Å²) < 4.78 is 4.80. The van der Waals surface area contributed by atoms with Crippen molar-refractivity contribution in [3.8, 4) is 0 Å². The summed E-state index contributed by atoms with van der Waals surface area (Å²) in [6.45, 7) is 3.42. The molecule has 0 bridgehead atoms. The highest BCUT2D eigenvalue weighted by Gasteiger charge is 2.29. The summed E-state index contributed by atoms with van der Waals surface area (Å²) in [5.41, 5.74) is 5.68. The van der Waals surface area contributed by atoms with Crippen LogP contribution < -0.4 is 5.73 Å². The molecule has 86 valence electrons. The van der Waals surface area contributed by atoms with E-state index in [1.807, 2.05) is 6.92 Å². The standard InChI is InChI=1S/C11H20N2O2/c1-3-10(11(14)15-2)13-7-5-4-6-9(13)8-12/h4,6,9-10H,3,5,7-8,12H2,1-2H3. The average Bonchev–Trinajstić information content (AvgIpc) is 2.30. The average molecular weight is 212 g/mol. The van der Waals surface area contributed by atoms with Crippen LogP contribution in [0.4, 0.5) is 0 Å². The molecule has 0 aromatic heterocycles. The van der Waals surface area contributed by atoms with Gasteiger partial charge in [0.05, 0.1) is 7.11 Å². The van der Waals surface area contributed by atoms with E-state index in [4.69, 9.17) is 10.5 Å². The van der Waals surface area contributed by atoms with E-state index in [9.17, 15) is 4.79 Å². The van der Waals surface area contributed by atoms with Gasteiger partial charge in [-0.15, -0.1) is 0 Å². The fourth-order valence-electron chi connectivity index (χ4n) is 2.03. The van der Waals surface area contributed by atoms with Crippen LogP contribution in [0.15, 0.2) is 12.2 Å². The fourth-order valence-corrected chi connectivity index (χ4v) is 2.03. The van der Waals surface area contributed by atoms with E-state index in [-0.39, 0.29) is 18.1 Å². The fraction of sp³-hybridized carbons (Fsp3) is 0.727. The molecule has 0 aromatic rings. The molecule has 1 aliphatic rings. The van der Waals surface area contributed by atoms with Crippen LogP contribution in [-0.2, 0) is 9.53 Å². The molecule has 0 spiro atoms. The molecule has 2 unspecified atom stereocenters. The number of carbonyl (C=O) groups is 1. The topological polar surface area (TPSA) is 55.6 Å². The Balaban J connectivity index is 2.73. The van der Waals surface area contributed by atoms with Gasteiger partial charge in [0.15, 0.2) is 0 Å². The van der Waals surface area contributed by atoms with E-state index >= 15 is 0 Å². The third kappa shape index (κ3) is 2.79. The summed E-state index contributed by atoms with van der Waals surface area (Å²) >= 11 is 0. The zero-order valence-electron chi connectivity index (χ0n) is 9.48. The van der Waals surface area contributed by atoms with Crippen LogP contribution in [0.5, 0.6) is 0 Å². The number of rotatable bonds is 4. The highest BCUT2D eigenvalue weighted by Crippen LogP contribution is 2.16. The second-order valence-corrected chi connectivity index (χ2v) is 3.70. The van der Waals surface area contributed by atoms with Gasteiger partial charge in [-0.3, -0.25) is 9.69 Å². The lowest BCUT2D eigenvalue weighted by Crippen LogP contribution is -2.51. The van der Waals surface area contributed by atoms with Crippen LogP contribution in [0.1, 0.15) is 19.8 Å². The zero-order valence-corrected chi connectivity index (χ0v) is 9.48. The molecule has 0 saturated heterocycles. The second kappa shape index (κ2) is 5.88. The molecular weight excluding hydrogens is 192 g/mol. The monoisotopic (exact) mass is 212 g/mol. The van der Waals surface area contributed by atoms with Crippen molar-refractivity contribution < 1.29 is 9.53 Å². The first kappa shape index (κ1) is 12.2. The molecular formula is C11H20N2O2. The van der Waals surface area contributed by atoms with Crippen LogP contribution in [-0.4, -0.2) is 43.2 Å². The van der Waals surface area contributed by atoms with Gasteiger partial charge >= 0.3 is 5.97 Å². The van der Waals surface area contributed by atoms with E-state index in [0.29, 0.717) is 6.54 Å². The van der Waals surface area contributed by atoms with Crippen LogP contribution in [0, 0.1) is 0 Å². The first-order valence-corrected chi connectivity index (χ1v) is 5.44. The predicted octanol–water partition coefficient (Wildman–Crippen LogP) is 0.527. The highest BCUT2D eigenvalue weighted by molar-refractivity contribution is 5.75. The summed E-state index contributed by atoms with van der Waals surface area (Å²) in [6.07, 6.45) is 5.94. The molecule has 0 radical (unpaired) electrons. The van der Waals surface area contributed by atoms with Crippen LogP contribution in [0.2, 0.25) is 0 Å². The quantitative estimate of drug-likeness (QED) is 0.545. The van der Waals surface area contributed by atoms with Gasteiger partial charge in [-0.2, -0.15) is 0 Å². The Kier molecular flexibility index (Phi) is 4.78. The molecule has 1 rings (SSSR count). The molecule has 4 heteroatoms. The molecule has 2 N–H and O–H groups in total. The summed E-state index contributed by atoms with van der Waals surface area (Å²) in [6, 6.07) is 0.0105. The van der Waals surface area contributed by atoms with E-state index in [1.165, 1.54) is 7.11 Å². The number of methoxy groups -OCH3 is 1. The molecule has 0 aliphatic carbocycles. The van der Waals surface area contributed by atoms with Crippen molar-refractivity contribution in [2.75, 3.05) is 20.2 Å². The van der Waals surface area contributed by atoms with E-state index in [2.05, 4.69) is 17.1 Å². The Labute approximate surface area is 91.1 Å². The minimum absolute atomic E-state index is 0.159. The highest BCUT2D eigenvalue weighted by atomic mass is 16.5. The van der Waals surface area contributed by atoms with Gasteiger partial charge in [-0.1, -0.05) is 19.1 Å². The summed E-state index contributed by atoms with van der Waals surface area (Å²) in [7, 11) is 1.43. The normalized spacial score (nSPS) is 23.8. The minimum atomic E-state index is -0.161. The van der Waals surface area contributed by atoms with Crippen molar-refractivity contribution in [2.45, 2.75) is 31.8 Å². The van der Waals surface area contributed by atoms with Crippen molar-refractivity contribution >= 4 is 5.97 Å². The number of nitrogens with zero attached hydrogens (tertiary/aromatic N) is 1. The first-order chi connectivity index (χ1) is 7.24. The zero-order chi connectivity index (χ0) is 11.3. The smallest absolute Gasteiger partial charge is 0.323 e. The maximum atomic E-state index is 11.6. The molecule has 4 nitrogen and oxygen atoms in total. The van der Waals surface area contributed by atoms with Crippen molar-refractivity contribution in [1.82, 2.24) is 4.90 Å². The summed E-state index contributed by atoms with van der Waals surface area (Å²) in [5.74, 6) is -0.161. The number of nitrogens with two attached hydrogens (primary N) is 1. The lowest BCUT2D eigenvalue weighted by molar-refractivity contribution is -0.147. The Bertz CT molecular complexity index is 241. The SMILES string of the molecule is CCC(C(=O)OC)N1CCC=CC1CN. The number of ether oxygens (including phenoxy) is 1.